The van der Waals surface area contributed by atoms with Crippen molar-refractivity contribution in [1.29, 1.82) is 0 Å². The van der Waals surface area contributed by atoms with E-state index in [-0.39, 0.29) is 11.9 Å². The van der Waals surface area contributed by atoms with Gasteiger partial charge in [0.05, 0.1) is 0 Å². The molecule has 164 valence electrons. The van der Waals surface area contributed by atoms with E-state index in [1.54, 1.807) is 24.5 Å². The van der Waals surface area contributed by atoms with Crippen LogP contribution in [0.15, 0.2) is 103 Å². The molecule has 3 amide bonds. The SMILES string of the molecule is O=C(NCc1ccc(C(=O)Nc2ccccc2-c2ccccc2)cc1)NCc1cccnc1. The zero-order valence-corrected chi connectivity index (χ0v) is 18.0. The number of nitrogens with zero attached hydrogens (tertiary/aromatic N) is 1. The van der Waals surface area contributed by atoms with Crippen LogP contribution in [0.1, 0.15) is 21.5 Å². The van der Waals surface area contributed by atoms with Crippen molar-refractivity contribution in [3.63, 3.8) is 0 Å². The number of rotatable bonds is 7. The monoisotopic (exact) mass is 436 g/mol. The zero-order chi connectivity index (χ0) is 22.9. The molecule has 0 bridgehead atoms. The molecule has 0 atom stereocenters. The summed E-state index contributed by atoms with van der Waals surface area (Å²) in [7, 11) is 0. The van der Waals surface area contributed by atoms with Gasteiger partial charge in [-0.1, -0.05) is 66.7 Å². The molecule has 3 aromatic carbocycles. The highest BCUT2D eigenvalue weighted by molar-refractivity contribution is 6.06. The van der Waals surface area contributed by atoms with Crippen LogP contribution in [0, 0.1) is 0 Å². The highest BCUT2D eigenvalue weighted by atomic mass is 16.2. The van der Waals surface area contributed by atoms with E-state index in [0.717, 1.165) is 27.9 Å². The largest absolute Gasteiger partial charge is 0.334 e. The van der Waals surface area contributed by atoms with Crippen molar-refractivity contribution in [3.8, 4) is 11.1 Å². The van der Waals surface area contributed by atoms with Crippen LogP contribution in [0.4, 0.5) is 10.5 Å². The third-order valence-corrected chi connectivity index (χ3v) is 5.11. The number of pyridine rings is 1. The third-order valence-electron chi connectivity index (χ3n) is 5.11. The summed E-state index contributed by atoms with van der Waals surface area (Å²) in [6.07, 6.45) is 3.40. The van der Waals surface area contributed by atoms with Crippen molar-refractivity contribution in [3.05, 3.63) is 120 Å². The Kier molecular flexibility index (Phi) is 7.08. The van der Waals surface area contributed by atoms with Crippen molar-refractivity contribution in [2.75, 3.05) is 5.32 Å². The van der Waals surface area contributed by atoms with Crippen molar-refractivity contribution >= 4 is 17.6 Å². The molecule has 6 heteroatoms. The Balaban J connectivity index is 1.32. The summed E-state index contributed by atoms with van der Waals surface area (Å²) in [6.45, 7) is 0.765. The molecule has 1 heterocycles. The molecule has 6 nitrogen and oxygen atoms in total. The Morgan fingerprint density at radius 1 is 0.697 bits per heavy atom. The number of nitrogens with one attached hydrogen (secondary N) is 3. The van der Waals surface area contributed by atoms with Crippen molar-refractivity contribution < 1.29 is 9.59 Å². The lowest BCUT2D eigenvalue weighted by Crippen LogP contribution is -2.34. The maximum Gasteiger partial charge on any atom is 0.315 e. The number of hydrogen-bond acceptors (Lipinski definition) is 3. The molecule has 0 aliphatic carbocycles. The molecule has 0 aliphatic rings. The van der Waals surface area contributed by atoms with Crippen LogP contribution in [-0.4, -0.2) is 16.9 Å². The van der Waals surface area contributed by atoms with E-state index in [1.165, 1.54) is 0 Å². The summed E-state index contributed by atoms with van der Waals surface area (Å²) in [6, 6.07) is 28.3. The minimum atomic E-state index is -0.266. The number of urea groups is 1. The number of amides is 3. The van der Waals surface area contributed by atoms with Gasteiger partial charge in [0.1, 0.15) is 0 Å². The van der Waals surface area contributed by atoms with E-state index in [4.69, 9.17) is 0 Å². The quantitative estimate of drug-likeness (QED) is 0.381. The normalized spacial score (nSPS) is 10.3. The van der Waals surface area contributed by atoms with Crippen LogP contribution in [0.25, 0.3) is 11.1 Å². The lowest BCUT2D eigenvalue weighted by atomic mass is 10.0. The Morgan fingerprint density at radius 3 is 2.12 bits per heavy atom. The molecule has 0 fully saturated rings. The summed E-state index contributed by atoms with van der Waals surface area (Å²) in [5.74, 6) is -0.188. The van der Waals surface area contributed by atoms with Crippen LogP contribution < -0.4 is 16.0 Å². The number of para-hydroxylation sites is 1. The van der Waals surface area contributed by atoms with Gasteiger partial charge in [0.25, 0.3) is 5.91 Å². The van der Waals surface area contributed by atoms with Crippen molar-refractivity contribution in [1.82, 2.24) is 15.6 Å². The highest BCUT2D eigenvalue weighted by Gasteiger charge is 2.10. The predicted molar refractivity (Wildman–Crippen MR) is 130 cm³/mol. The lowest BCUT2D eigenvalue weighted by molar-refractivity contribution is 0.102. The number of anilines is 1. The fraction of sp³-hybridized carbons (Fsp3) is 0.0741. The van der Waals surface area contributed by atoms with Gasteiger partial charge in [-0.2, -0.15) is 0 Å². The average molecular weight is 437 g/mol. The fourth-order valence-electron chi connectivity index (χ4n) is 3.36. The molecule has 0 radical (unpaired) electrons. The second-order valence-corrected chi connectivity index (χ2v) is 7.46. The van der Waals surface area contributed by atoms with E-state index < -0.39 is 0 Å². The van der Waals surface area contributed by atoms with Gasteiger partial charge in [-0.3, -0.25) is 9.78 Å². The molecular weight excluding hydrogens is 412 g/mol. The van der Waals surface area contributed by atoms with Gasteiger partial charge in [-0.05, 0) is 41.0 Å². The van der Waals surface area contributed by atoms with Crippen LogP contribution >= 0.6 is 0 Å². The Morgan fingerprint density at radius 2 is 1.39 bits per heavy atom. The maximum atomic E-state index is 12.8. The molecule has 33 heavy (non-hydrogen) atoms. The molecule has 0 spiro atoms. The van der Waals surface area contributed by atoms with Crippen LogP contribution in [-0.2, 0) is 13.1 Å². The third kappa shape index (κ3) is 6.04. The first-order valence-electron chi connectivity index (χ1n) is 10.6. The van der Waals surface area contributed by atoms with Gasteiger partial charge < -0.3 is 16.0 Å². The van der Waals surface area contributed by atoms with Crippen LogP contribution in [0.3, 0.4) is 0 Å². The number of carbonyl (C=O) groups is 2. The summed E-state index contributed by atoms with van der Waals surface area (Å²) in [5, 5.41) is 8.61. The molecule has 0 saturated heterocycles. The molecule has 4 rings (SSSR count). The van der Waals surface area contributed by atoms with E-state index >= 15 is 0 Å². The molecule has 3 N–H and O–H groups in total. The summed E-state index contributed by atoms with van der Waals surface area (Å²) in [5.41, 5.74) is 5.12. The second-order valence-electron chi connectivity index (χ2n) is 7.46. The molecule has 1 aromatic heterocycles. The number of hydrogen-bond donors (Lipinski definition) is 3. The first-order valence-corrected chi connectivity index (χ1v) is 10.6. The van der Waals surface area contributed by atoms with Crippen molar-refractivity contribution in [2.45, 2.75) is 13.1 Å². The Bertz CT molecular complexity index is 1210. The van der Waals surface area contributed by atoms with E-state index in [1.807, 2.05) is 78.9 Å². The van der Waals surface area contributed by atoms with Crippen LogP contribution in [0.5, 0.6) is 0 Å². The molecular formula is C27H24N4O2. The Hall–Kier alpha value is -4.45. The zero-order valence-electron chi connectivity index (χ0n) is 18.0. The standard InChI is InChI=1S/C27H24N4O2/c32-26(31-25-11-5-4-10-24(25)22-8-2-1-3-9-22)23-14-12-20(13-15-23)18-29-27(33)30-19-21-7-6-16-28-17-21/h1-17H,18-19H2,(H,31,32)(H2,29,30,33). The first-order chi connectivity index (χ1) is 16.2. The minimum Gasteiger partial charge on any atom is -0.334 e. The summed E-state index contributed by atoms with van der Waals surface area (Å²) >= 11 is 0. The van der Waals surface area contributed by atoms with Crippen LogP contribution in [0.2, 0.25) is 0 Å². The number of carbonyl (C=O) groups excluding carboxylic acids is 2. The maximum absolute atomic E-state index is 12.8. The van der Waals surface area contributed by atoms with E-state index in [9.17, 15) is 9.59 Å². The van der Waals surface area contributed by atoms with Gasteiger partial charge in [-0.15, -0.1) is 0 Å². The smallest absolute Gasteiger partial charge is 0.315 e. The summed E-state index contributed by atoms with van der Waals surface area (Å²) in [4.78, 5) is 28.8. The second kappa shape index (κ2) is 10.7. The molecule has 4 aromatic rings. The van der Waals surface area contributed by atoms with E-state index in [2.05, 4.69) is 20.9 Å². The molecule has 0 aliphatic heterocycles. The van der Waals surface area contributed by atoms with Crippen molar-refractivity contribution in [2.24, 2.45) is 0 Å². The minimum absolute atomic E-state index is 0.188. The van der Waals surface area contributed by atoms with Gasteiger partial charge in [0, 0.05) is 42.3 Å². The summed E-state index contributed by atoms with van der Waals surface area (Å²) < 4.78 is 0. The van der Waals surface area contributed by atoms with Gasteiger partial charge in [-0.25, -0.2) is 4.79 Å². The van der Waals surface area contributed by atoms with Gasteiger partial charge >= 0.3 is 6.03 Å². The average Bonchev–Trinajstić information content (AvgIpc) is 2.88. The number of benzene rings is 3. The predicted octanol–water partition coefficient (Wildman–Crippen LogP) is 5.00. The van der Waals surface area contributed by atoms with Gasteiger partial charge in [0.2, 0.25) is 0 Å². The first kappa shape index (κ1) is 21.8. The Labute approximate surface area is 192 Å². The molecule has 0 unspecified atom stereocenters. The fourth-order valence-corrected chi connectivity index (χ4v) is 3.36. The highest BCUT2D eigenvalue weighted by Crippen LogP contribution is 2.27. The molecule has 0 saturated carbocycles. The lowest BCUT2D eigenvalue weighted by Gasteiger charge is -2.12. The van der Waals surface area contributed by atoms with Gasteiger partial charge in [0.15, 0.2) is 0 Å². The topological polar surface area (TPSA) is 83.1 Å². The number of aromatic nitrogens is 1. The van der Waals surface area contributed by atoms with E-state index in [0.29, 0.717) is 18.7 Å².